The van der Waals surface area contributed by atoms with Crippen LogP contribution >= 0.6 is 0 Å². The number of carbonyl (C=O) groups is 1. The van der Waals surface area contributed by atoms with E-state index in [1.54, 1.807) is 13.8 Å². The van der Waals surface area contributed by atoms with Crippen LogP contribution in [0.15, 0.2) is 0 Å². The van der Waals surface area contributed by atoms with Gasteiger partial charge in [-0.25, -0.2) is 0 Å². The predicted octanol–water partition coefficient (Wildman–Crippen LogP) is 1.62. The molecule has 0 radical (unpaired) electrons. The molecule has 1 saturated heterocycles. The summed E-state index contributed by atoms with van der Waals surface area (Å²) in [6.07, 6.45) is 0.0170. The summed E-state index contributed by atoms with van der Waals surface area (Å²) in [4.78, 5) is 11.5. The fourth-order valence-corrected chi connectivity index (χ4v) is 2.48. The standard InChI is InChI=1S/C16H30O6/c1-5-20-15(19)10(2)7-6-8-11(3)21-16-14(18)9-13(17)12(4)22-16/h10-14,16-18H,5-9H2,1-4H3/t10-,11-,12+,13?,14-,16?/m1/s1. The van der Waals surface area contributed by atoms with Gasteiger partial charge in [0.25, 0.3) is 0 Å². The Morgan fingerprint density at radius 2 is 1.95 bits per heavy atom. The molecule has 1 fully saturated rings. The highest BCUT2D eigenvalue weighted by atomic mass is 16.7. The summed E-state index contributed by atoms with van der Waals surface area (Å²) in [5.41, 5.74) is 0. The summed E-state index contributed by atoms with van der Waals surface area (Å²) in [7, 11) is 0. The molecule has 0 saturated carbocycles. The van der Waals surface area contributed by atoms with Crippen LogP contribution < -0.4 is 0 Å². The van der Waals surface area contributed by atoms with Crippen molar-refractivity contribution in [2.45, 2.75) is 84.1 Å². The second-order valence-electron chi connectivity index (χ2n) is 6.11. The Morgan fingerprint density at radius 1 is 1.27 bits per heavy atom. The van der Waals surface area contributed by atoms with Crippen molar-refractivity contribution in [3.05, 3.63) is 0 Å². The lowest BCUT2D eigenvalue weighted by atomic mass is 10.0. The fraction of sp³-hybridized carbons (Fsp3) is 0.938. The minimum absolute atomic E-state index is 0.0866. The molecule has 0 spiro atoms. The number of carbonyl (C=O) groups excluding carboxylic acids is 1. The first kappa shape index (κ1) is 19.4. The predicted molar refractivity (Wildman–Crippen MR) is 81.2 cm³/mol. The molecule has 22 heavy (non-hydrogen) atoms. The van der Waals surface area contributed by atoms with Crippen LogP contribution in [-0.4, -0.2) is 53.5 Å². The molecule has 1 aliphatic rings. The van der Waals surface area contributed by atoms with E-state index >= 15 is 0 Å². The van der Waals surface area contributed by atoms with Gasteiger partial charge < -0.3 is 24.4 Å². The van der Waals surface area contributed by atoms with Gasteiger partial charge in [-0.3, -0.25) is 4.79 Å². The summed E-state index contributed by atoms with van der Waals surface area (Å²) in [6, 6.07) is 0. The van der Waals surface area contributed by atoms with Gasteiger partial charge in [0.2, 0.25) is 0 Å². The molecule has 0 aromatic rings. The molecule has 2 unspecified atom stereocenters. The highest BCUT2D eigenvalue weighted by Gasteiger charge is 2.35. The van der Waals surface area contributed by atoms with Gasteiger partial charge in [-0.15, -0.1) is 0 Å². The van der Waals surface area contributed by atoms with Gasteiger partial charge >= 0.3 is 5.97 Å². The molecular formula is C16H30O6. The number of aliphatic hydroxyl groups is 2. The zero-order chi connectivity index (χ0) is 16.7. The van der Waals surface area contributed by atoms with E-state index in [-0.39, 0.29) is 30.5 Å². The van der Waals surface area contributed by atoms with E-state index in [4.69, 9.17) is 14.2 Å². The van der Waals surface area contributed by atoms with Crippen LogP contribution in [0.4, 0.5) is 0 Å². The van der Waals surface area contributed by atoms with E-state index in [0.29, 0.717) is 6.61 Å². The number of esters is 1. The molecular weight excluding hydrogens is 288 g/mol. The minimum atomic E-state index is -0.813. The van der Waals surface area contributed by atoms with Crippen molar-refractivity contribution in [2.24, 2.45) is 5.92 Å². The lowest BCUT2D eigenvalue weighted by molar-refractivity contribution is -0.273. The van der Waals surface area contributed by atoms with Gasteiger partial charge in [0, 0.05) is 6.42 Å². The zero-order valence-corrected chi connectivity index (χ0v) is 14.0. The lowest BCUT2D eigenvalue weighted by Gasteiger charge is -2.36. The Hall–Kier alpha value is -0.690. The molecule has 2 N–H and O–H groups in total. The Kier molecular flexibility index (Phi) is 8.31. The molecule has 0 aromatic carbocycles. The van der Waals surface area contributed by atoms with E-state index < -0.39 is 18.5 Å². The fourth-order valence-electron chi connectivity index (χ4n) is 2.48. The first-order chi connectivity index (χ1) is 10.3. The molecule has 0 bridgehead atoms. The number of rotatable bonds is 8. The van der Waals surface area contributed by atoms with Gasteiger partial charge in [0.1, 0.15) is 6.10 Å². The normalized spacial score (nSPS) is 31.5. The van der Waals surface area contributed by atoms with Gasteiger partial charge in [-0.1, -0.05) is 13.3 Å². The highest BCUT2D eigenvalue weighted by Crippen LogP contribution is 2.23. The number of aliphatic hydroxyl groups excluding tert-OH is 2. The Morgan fingerprint density at radius 3 is 2.59 bits per heavy atom. The Labute approximate surface area is 132 Å². The van der Waals surface area contributed by atoms with Crippen LogP contribution in [0.5, 0.6) is 0 Å². The first-order valence-corrected chi connectivity index (χ1v) is 8.18. The molecule has 6 nitrogen and oxygen atoms in total. The van der Waals surface area contributed by atoms with Gasteiger partial charge in [-0.2, -0.15) is 0 Å². The minimum Gasteiger partial charge on any atom is -0.466 e. The molecule has 0 amide bonds. The molecule has 0 aliphatic carbocycles. The topological polar surface area (TPSA) is 85.2 Å². The molecule has 1 rings (SSSR count). The second kappa shape index (κ2) is 9.45. The smallest absolute Gasteiger partial charge is 0.308 e. The molecule has 130 valence electrons. The van der Waals surface area contributed by atoms with Gasteiger partial charge in [0.15, 0.2) is 6.29 Å². The average molecular weight is 318 g/mol. The van der Waals surface area contributed by atoms with E-state index in [9.17, 15) is 15.0 Å². The number of hydrogen-bond acceptors (Lipinski definition) is 6. The first-order valence-electron chi connectivity index (χ1n) is 8.18. The van der Waals surface area contributed by atoms with Crippen LogP contribution in [0.3, 0.4) is 0 Å². The van der Waals surface area contributed by atoms with Crippen molar-refractivity contribution in [2.75, 3.05) is 6.61 Å². The summed E-state index contributed by atoms with van der Waals surface area (Å²) < 4.78 is 16.2. The van der Waals surface area contributed by atoms with Crippen molar-refractivity contribution < 1.29 is 29.2 Å². The SMILES string of the molecule is CCOC(=O)[C@H](C)CCC[C@@H](C)OC1O[C@@H](C)C(O)C[C@H]1O. The summed E-state index contributed by atoms with van der Waals surface area (Å²) >= 11 is 0. The van der Waals surface area contributed by atoms with E-state index in [0.717, 1.165) is 19.3 Å². The van der Waals surface area contributed by atoms with Crippen molar-refractivity contribution >= 4 is 5.97 Å². The molecule has 1 aliphatic heterocycles. The Bertz CT molecular complexity index is 335. The number of hydrogen-bond donors (Lipinski definition) is 2. The monoisotopic (exact) mass is 318 g/mol. The van der Waals surface area contributed by atoms with E-state index in [1.807, 2.05) is 13.8 Å². The third-order valence-corrected chi connectivity index (χ3v) is 3.99. The third-order valence-electron chi connectivity index (χ3n) is 3.99. The molecule has 0 aromatic heterocycles. The summed E-state index contributed by atoms with van der Waals surface area (Å²) in [6.45, 7) is 7.75. The zero-order valence-electron chi connectivity index (χ0n) is 14.0. The summed E-state index contributed by atoms with van der Waals surface area (Å²) in [5, 5.41) is 19.5. The van der Waals surface area contributed by atoms with Crippen LogP contribution in [0, 0.1) is 5.92 Å². The number of ether oxygens (including phenoxy) is 3. The quantitative estimate of drug-likeness (QED) is 0.662. The van der Waals surface area contributed by atoms with Crippen LogP contribution in [0.2, 0.25) is 0 Å². The van der Waals surface area contributed by atoms with Crippen LogP contribution in [0.1, 0.15) is 53.4 Å². The largest absolute Gasteiger partial charge is 0.466 e. The Balaban J connectivity index is 2.25. The van der Waals surface area contributed by atoms with E-state index in [1.165, 1.54) is 0 Å². The molecule has 6 atom stereocenters. The van der Waals surface area contributed by atoms with Crippen LogP contribution in [0.25, 0.3) is 0 Å². The lowest BCUT2D eigenvalue weighted by Crippen LogP contribution is -2.48. The van der Waals surface area contributed by atoms with Crippen molar-refractivity contribution in [1.29, 1.82) is 0 Å². The van der Waals surface area contributed by atoms with Gasteiger partial charge in [-0.05, 0) is 33.6 Å². The maximum absolute atomic E-state index is 11.5. The maximum atomic E-state index is 11.5. The van der Waals surface area contributed by atoms with E-state index in [2.05, 4.69) is 0 Å². The van der Waals surface area contributed by atoms with Gasteiger partial charge in [0.05, 0.1) is 30.8 Å². The third kappa shape index (κ3) is 6.20. The average Bonchev–Trinajstić information content (AvgIpc) is 2.44. The maximum Gasteiger partial charge on any atom is 0.308 e. The van der Waals surface area contributed by atoms with Crippen molar-refractivity contribution in [1.82, 2.24) is 0 Å². The van der Waals surface area contributed by atoms with Crippen LogP contribution in [-0.2, 0) is 19.0 Å². The van der Waals surface area contributed by atoms with Crippen molar-refractivity contribution in [3.8, 4) is 0 Å². The molecule has 6 heteroatoms. The summed E-state index contributed by atoms with van der Waals surface area (Å²) in [5.74, 6) is -0.274. The molecule has 1 heterocycles. The van der Waals surface area contributed by atoms with Crippen molar-refractivity contribution in [3.63, 3.8) is 0 Å². The second-order valence-corrected chi connectivity index (χ2v) is 6.11. The highest BCUT2D eigenvalue weighted by molar-refractivity contribution is 5.71.